The molecule has 8 heteroatoms. The van der Waals surface area contributed by atoms with Crippen LogP contribution < -0.4 is 5.32 Å². The van der Waals surface area contributed by atoms with Gasteiger partial charge in [0.25, 0.3) is 0 Å². The van der Waals surface area contributed by atoms with E-state index >= 15 is 0 Å². The molecule has 5 rings (SSSR count). The maximum Gasteiger partial charge on any atom is 0.236 e. The summed E-state index contributed by atoms with van der Waals surface area (Å²) in [6.45, 7) is 7.05. The van der Waals surface area contributed by atoms with E-state index in [1.807, 2.05) is 54.6 Å². The number of para-hydroxylation sites is 1. The van der Waals surface area contributed by atoms with Crippen LogP contribution in [-0.4, -0.2) is 36.2 Å². The molecule has 1 aliphatic carbocycles. The number of aromatic nitrogens is 5. The van der Waals surface area contributed by atoms with Crippen molar-refractivity contribution in [3.05, 3.63) is 83.8 Å². The van der Waals surface area contributed by atoms with E-state index in [1.165, 1.54) is 17.3 Å². The summed E-state index contributed by atoms with van der Waals surface area (Å²) in [5.41, 5.74) is 2.88. The van der Waals surface area contributed by atoms with Crippen molar-refractivity contribution in [2.24, 2.45) is 0 Å². The molecule has 1 N–H and O–H groups in total. The zero-order valence-corrected chi connectivity index (χ0v) is 21.1. The van der Waals surface area contributed by atoms with Gasteiger partial charge < -0.3 is 9.88 Å². The van der Waals surface area contributed by atoms with Crippen molar-refractivity contribution in [2.75, 3.05) is 11.1 Å². The Balaban J connectivity index is 1.33. The van der Waals surface area contributed by atoms with Crippen molar-refractivity contribution in [3.8, 4) is 5.69 Å². The SMILES string of the molecule is CC(C)(C)c1cc(NC(=O)CSc2nnc(C3CC3)n2Cc2ccccc2)n(-c2ccccc2)n1. The van der Waals surface area contributed by atoms with Crippen molar-refractivity contribution in [1.29, 1.82) is 0 Å². The van der Waals surface area contributed by atoms with Crippen LogP contribution in [0.2, 0.25) is 0 Å². The zero-order valence-electron chi connectivity index (χ0n) is 20.3. The average Bonchev–Trinajstić information content (AvgIpc) is 3.47. The van der Waals surface area contributed by atoms with Crippen LogP contribution in [0.5, 0.6) is 0 Å². The van der Waals surface area contributed by atoms with Crippen LogP contribution in [-0.2, 0) is 16.8 Å². The van der Waals surface area contributed by atoms with Crippen LogP contribution in [0.1, 0.15) is 56.6 Å². The van der Waals surface area contributed by atoms with Gasteiger partial charge in [0.05, 0.1) is 23.7 Å². The lowest BCUT2D eigenvalue weighted by Gasteiger charge is -2.14. The highest BCUT2D eigenvalue weighted by Gasteiger charge is 2.30. The monoisotopic (exact) mass is 486 g/mol. The molecule has 2 aromatic carbocycles. The lowest BCUT2D eigenvalue weighted by molar-refractivity contribution is -0.113. The number of rotatable bonds is 8. The number of carbonyl (C=O) groups excluding carboxylic acids is 1. The predicted molar refractivity (Wildman–Crippen MR) is 139 cm³/mol. The molecule has 0 saturated heterocycles. The number of thioether (sulfide) groups is 1. The second kappa shape index (κ2) is 9.70. The van der Waals surface area contributed by atoms with E-state index in [4.69, 9.17) is 5.10 Å². The molecule has 7 nitrogen and oxygen atoms in total. The van der Waals surface area contributed by atoms with Gasteiger partial charge in [-0.3, -0.25) is 4.79 Å². The third-order valence-electron chi connectivity index (χ3n) is 5.95. The van der Waals surface area contributed by atoms with Crippen molar-refractivity contribution >= 4 is 23.5 Å². The Morgan fingerprint density at radius 3 is 2.37 bits per heavy atom. The summed E-state index contributed by atoms with van der Waals surface area (Å²) in [5, 5.41) is 17.5. The van der Waals surface area contributed by atoms with E-state index in [0.717, 1.165) is 35.2 Å². The third kappa shape index (κ3) is 5.48. The first-order valence-electron chi connectivity index (χ1n) is 11.9. The van der Waals surface area contributed by atoms with E-state index in [9.17, 15) is 4.79 Å². The summed E-state index contributed by atoms with van der Waals surface area (Å²) < 4.78 is 3.96. The lowest BCUT2D eigenvalue weighted by Crippen LogP contribution is -2.17. The second-order valence-corrected chi connectivity index (χ2v) is 10.9. The van der Waals surface area contributed by atoms with E-state index in [1.54, 1.807) is 4.68 Å². The molecule has 0 radical (unpaired) electrons. The number of hydrogen-bond acceptors (Lipinski definition) is 5. The first-order chi connectivity index (χ1) is 16.9. The summed E-state index contributed by atoms with van der Waals surface area (Å²) in [6, 6.07) is 22.1. The van der Waals surface area contributed by atoms with Crippen LogP contribution in [0.25, 0.3) is 5.69 Å². The highest BCUT2D eigenvalue weighted by molar-refractivity contribution is 7.99. The van der Waals surface area contributed by atoms with Gasteiger partial charge in [-0.2, -0.15) is 5.10 Å². The van der Waals surface area contributed by atoms with Crippen LogP contribution >= 0.6 is 11.8 Å². The molecule has 1 amide bonds. The van der Waals surface area contributed by atoms with Crippen LogP contribution in [0, 0.1) is 0 Å². The molecular formula is C27H30N6OS. The molecule has 1 aliphatic rings. The number of nitrogens with zero attached hydrogens (tertiary/aromatic N) is 5. The molecule has 0 bridgehead atoms. The van der Waals surface area contributed by atoms with E-state index in [2.05, 4.69) is 53.0 Å². The Kier molecular flexibility index (Phi) is 6.47. The number of hydrogen-bond donors (Lipinski definition) is 1. The van der Waals surface area contributed by atoms with Gasteiger partial charge in [0.15, 0.2) is 5.16 Å². The standard InChI is InChI=1S/C27H30N6OS/c1-27(2,3)22-16-23(33(31-22)21-12-8-5-9-13-21)28-24(34)18-35-26-30-29-25(20-14-15-20)32(26)17-19-10-6-4-7-11-19/h4-13,16,20H,14-15,17-18H2,1-3H3,(H,28,34). The summed E-state index contributed by atoms with van der Waals surface area (Å²) in [6.07, 6.45) is 2.30. The van der Waals surface area contributed by atoms with Gasteiger partial charge in [0, 0.05) is 17.4 Å². The summed E-state index contributed by atoms with van der Waals surface area (Å²) in [4.78, 5) is 13.0. The molecule has 2 heterocycles. The normalized spacial score (nSPS) is 13.7. The van der Waals surface area contributed by atoms with Gasteiger partial charge in [0.1, 0.15) is 11.6 Å². The molecule has 2 aromatic heterocycles. The predicted octanol–water partition coefficient (Wildman–Crippen LogP) is 5.42. The largest absolute Gasteiger partial charge is 0.310 e. The maximum absolute atomic E-state index is 13.0. The molecule has 1 saturated carbocycles. The maximum atomic E-state index is 13.0. The molecule has 35 heavy (non-hydrogen) atoms. The molecule has 1 fully saturated rings. The molecule has 180 valence electrons. The fourth-order valence-electron chi connectivity index (χ4n) is 3.88. The zero-order chi connectivity index (χ0) is 24.4. The van der Waals surface area contributed by atoms with Crippen LogP contribution in [0.4, 0.5) is 5.82 Å². The number of nitrogens with one attached hydrogen (secondary N) is 1. The van der Waals surface area contributed by atoms with Gasteiger partial charge in [-0.05, 0) is 30.5 Å². The van der Waals surface area contributed by atoms with Gasteiger partial charge in [0.2, 0.25) is 5.91 Å². The third-order valence-corrected chi connectivity index (χ3v) is 6.92. The van der Waals surface area contributed by atoms with Gasteiger partial charge in [-0.1, -0.05) is 81.1 Å². The van der Waals surface area contributed by atoms with Crippen molar-refractivity contribution in [2.45, 2.75) is 56.6 Å². The summed E-state index contributed by atoms with van der Waals surface area (Å²) in [5.74, 6) is 2.30. The fourth-order valence-corrected chi connectivity index (χ4v) is 4.62. The van der Waals surface area contributed by atoms with Crippen molar-refractivity contribution in [1.82, 2.24) is 24.5 Å². The Bertz CT molecular complexity index is 1300. The number of benzene rings is 2. The highest BCUT2D eigenvalue weighted by atomic mass is 32.2. The second-order valence-electron chi connectivity index (χ2n) is 9.94. The molecule has 0 atom stereocenters. The Labute approximate surface area is 210 Å². The minimum Gasteiger partial charge on any atom is -0.310 e. The average molecular weight is 487 g/mol. The smallest absolute Gasteiger partial charge is 0.236 e. The van der Waals surface area contributed by atoms with E-state index < -0.39 is 0 Å². The number of anilines is 1. The molecular weight excluding hydrogens is 456 g/mol. The minimum atomic E-state index is -0.138. The van der Waals surface area contributed by atoms with Crippen molar-refractivity contribution < 1.29 is 4.79 Å². The molecule has 0 spiro atoms. The summed E-state index contributed by atoms with van der Waals surface area (Å²) >= 11 is 1.42. The van der Waals surface area contributed by atoms with Crippen molar-refractivity contribution in [3.63, 3.8) is 0 Å². The summed E-state index contributed by atoms with van der Waals surface area (Å²) in [7, 11) is 0. The number of carbonyl (C=O) groups is 1. The quantitative estimate of drug-likeness (QED) is 0.337. The van der Waals surface area contributed by atoms with Crippen LogP contribution in [0.15, 0.2) is 71.9 Å². The first-order valence-corrected chi connectivity index (χ1v) is 12.9. The number of amides is 1. The minimum absolute atomic E-state index is 0.102. The lowest BCUT2D eigenvalue weighted by atomic mass is 9.92. The van der Waals surface area contributed by atoms with Gasteiger partial charge in [-0.25, -0.2) is 4.68 Å². The highest BCUT2D eigenvalue weighted by Crippen LogP contribution is 2.40. The Hall–Kier alpha value is -3.39. The van der Waals surface area contributed by atoms with E-state index in [0.29, 0.717) is 18.3 Å². The fraction of sp³-hybridized carbons (Fsp3) is 0.333. The van der Waals surface area contributed by atoms with Gasteiger partial charge >= 0.3 is 0 Å². The first kappa shape index (κ1) is 23.4. The van der Waals surface area contributed by atoms with E-state index in [-0.39, 0.29) is 17.1 Å². The Morgan fingerprint density at radius 2 is 1.71 bits per heavy atom. The molecule has 4 aromatic rings. The topological polar surface area (TPSA) is 77.6 Å². The Morgan fingerprint density at radius 1 is 1.03 bits per heavy atom. The van der Waals surface area contributed by atoms with Gasteiger partial charge in [-0.15, -0.1) is 10.2 Å². The molecule has 0 aliphatic heterocycles. The van der Waals surface area contributed by atoms with Crippen LogP contribution in [0.3, 0.4) is 0 Å². The molecule has 0 unspecified atom stereocenters.